The molecule has 2 aliphatic rings. The summed E-state index contributed by atoms with van der Waals surface area (Å²) < 4.78 is 15.8. The van der Waals surface area contributed by atoms with Gasteiger partial charge in [-0.1, -0.05) is 0 Å². The largest absolute Gasteiger partial charge is 0.479 e. The van der Waals surface area contributed by atoms with E-state index >= 15 is 0 Å². The number of carbonyl (C=O) groups excluding carboxylic acids is 1. The van der Waals surface area contributed by atoms with E-state index in [0.29, 0.717) is 0 Å². The molecule has 2 rings (SSSR count). The van der Waals surface area contributed by atoms with Crippen molar-refractivity contribution in [1.29, 1.82) is 0 Å². The van der Waals surface area contributed by atoms with Crippen LogP contribution in [0.5, 0.6) is 0 Å². The number of amides is 1. The summed E-state index contributed by atoms with van der Waals surface area (Å²) in [5, 5.41) is 41.2. The number of rotatable bonds is 4. The molecular formula is C13H21NO9. The molecule has 23 heavy (non-hydrogen) atoms. The summed E-state index contributed by atoms with van der Waals surface area (Å²) in [6.45, 7) is 1.04. The van der Waals surface area contributed by atoms with Gasteiger partial charge in [0.25, 0.3) is 0 Å². The van der Waals surface area contributed by atoms with Crippen LogP contribution in [0.2, 0.25) is 0 Å². The zero-order valence-electron chi connectivity index (χ0n) is 12.5. The highest BCUT2D eigenvalue weighted by Crippen LogP contribution is 2.24. The molecule has 2 saturated heterocycles. The van der Waals surface area contributed by atoms with Gasteiger partial charge in [0, 0.05) is 6.92 Å². The third-order valence-electron chi connectivity index (χ3n) is 3.78. The number of hydrogen-bond acceptors (Lipinski definition) is 8. The van der Waals surface area contributed by atoms with Crippen LogP contribution in [-0.2, 0) is 23.8 Å². The molecule has 0 aromatic rings. The van der Waals surface area contributed by atoms with Crippen molar-refractivity contribution >= 4 is 11.9 Å². The van der Waals surface area contributed by atoms with Gasteiger partial charge in [-0.3, -0.25) is 4.79 Å². The van der Waals surface area contributed by atoms with Gasteiger partial charge in [-0.15, -0.1) is 0 Å². The van der Waals surface area contributed by atoms with Crippen LogP contribution in [0.3, 0.4) is 0 Å². The van der Waals surface area contributed by atoms with E-state index in [-0.39, 0.29) is 19.6 Å². The van der Waals surface area contributed by atoms with Crippen LogP contribution < -0.4 is 5.32 Å². The van der Waals surface area contributed by atoms with E-state index in [9.17, 15) is 24.9 Å². The first-order valence-electron chi connectivity index (χ1n) is 7.24. The van der Waals surface area contributed by atoms with Crippen molar-refractivity contribution in [1.82, 2.24) is 5.32 Å². The maximum atomic E-state index is 11.2. The fraction of sp³-hybridized carbons (Fsp3) is 0.846. The van der Waals surface area contributed by atoms with E-state index in [1.54, 1.807) is 0 Å². The zero-order valence-corrected chi connectivity index (χ0v) is 12.5. The fourth-order valence-corrected chi connectivity index (χ4v) is 2.60. The van der Waals surface area contributed by atoms with Crippen LogP contribution in [0.1, 0.15) is 13.3 Å². The smallest absolute Gasteiger partial charge is 0.335 e. The molecule has 0 aromatic carbocycles. The molecule has 0 radical (unpaired) electrons. The molecule has 5 N–H and O–H groups in total. The van der Waals surface area contributed by atoms with Crippen molar-refractivity contribution in [3.63, 3.8) is 0 Å². The Morgan fingerprint density at radius 1 is 1.17 bits per heavy atom. The predicted octanol–water partition coefficient (Wildman–Crippen LogP) is -2.81. The second-order valence-corrected chi connectivity index (χ2v) is 5.57. The number of carboxylic acids is 1. The lowest BCUT2D eigenvalue weighted by Crippen LogP contribution is -2.62. The lowest BCUT2D eigenvalue weighted by molar-refractivity contribution is -0.279. The summed E-state index contributed by atoms with van der Waals surface area (Å²) in [5.41, 5.74) is 0. The maximum Gasteiger partial charge on any atom is 0.335 e. The predicted molar refractivity (Wildman–Crippen MR) is 72.2 cm³/mol. The van der Waals surface area contributed by atoms with Crippen molar-refractivity contribution in [2.45, 2.75) is 56.2 Å². The van der Waals surface area contributed by atoms with Gasteiger partial charge in [0.05, 0.1) is 19.3 Å². The van der Waals surface area contributed by atoms with E-state index in [2.05, 4.69) is 5.32 Å². The topological polar surface area (TPSA) is 155 Å². The zero-order chi connectivity index (χ0) is 17.1. The van der Waals surface area contributed by atoms with Gasteiger partial charge in [0.15, 0.2) is 12.4 Å². The first-order valence-corrected chi connectivity index (χ1v) is 7.24. The molecule has 7 atom stereocenters. The standard InChI is InChI=1S/C13H21NO9/c1-5(15)14-8-6(16)2-3-21-13(8)23-10-9(18)7(17)4-22-11(10)12(19)20/h6-11,13,16-18H,2-4H2,1H3,(H,14,15)(H,19,20)/t6-,7?,8?,9+,10?,11?,13+/m1/s1. The molecule has 2 aliphatic heterocycles. The molecule has 0 spiro atoms. The molecular weight excluding hydrogens is 314 g/mol. The maximum absolute atomic E-state index is 11.2. The summed E-state index contributed by atoms with van der Waals surface area (Å²) in [5.74, 6) is -1.79. The first kappa shape index (κ1) is 18.0. The van der Waals surface area contributed by atoms with Crippen molar-refractivity contribution in [3.8, 4) is 0 Å². The second-order valence-electron chi connectivity index (χ2n) is 5.57. The Labute approximate surface area is 131 Å². The van der Waals surface area contributed by atoms with Crippen LogP contribution in [-0.4, -0.2) is 88.4 Å². The average molecular weight is 335 g/mol. The number of carboxylic acid groups (broad SMARTS) is 1. The molecule has 2 heterocycles. The number of aliphatic carboxylic acids is 1. The molecule has 0 aliphatic carbocycles. The first-order chi connectivity index (χ1) is 10.8. The van der Waals surface area contributed by atoms with Crippen molar-refractivity contribution in [3.05, 3.63) is 0 Å². The summed E-state index contributed by atoms with van der Waals surface area (Å²) in [7, 11) is 0. The SMILES string of the molecule is CC(=O)NC1[C@H](OC2C(C(=O)O)OCC(O)[C@@H]2O)OCC[C@H]1O. The van der Waals surface area contributed by atoms with E-state index in [1.165, 1.54) is 6.92 Å². The second kappa shape index (κ2) is 7.51. The van der Waals surface area contributed by atoms with Crippen LogP contribution in [0.15, 0.2) is 0 Å². The summed E-state index contributed by atoms with van der Waals surface area (Å²) in [6, 6.07) is -0.929. The van der Waals surface area contributed by atoms with Gasteiger partial charge in [0.1, 0.15) is 24.4 Å². The number of nitrogens with one attached hydrogen (secondary N) is 1. The molecule has 0 saturated carbocycles. The summed E-state index contributed by atoms with van der Waals surface area (Å²) in [4.78, 5) is 22.5. The molecule has 1 amide bonds. The highest BCUT2D eigenvalue weighted by atomic mass is 16.7. The average Bonchev–Trinajstić information content (AvgIpc) is 2.46. The van der Waals surface area contributed by atoms with Crippen LogP contribution in [0.25, 0.3) is 0 Å². The lowest BCUT2D eigenvalue weighted by atomic mass is 9.99. The number of aliphatic hydroxyl groups excluding tert-OH is 3. The van der Waals surface area contributed by atoms with Gasteiger partial charge in [-0.25, -0.2) is 4.79 Å². The van der Waals surface area contributed by atoms with Crippen molar-refractivity contribution < 1.29 is 44.2 Å². The Morgan fingerprint density at radius 3 is 2.48 bits per heavy atom. The Kier molecular flexibility index (Phi) is 5.89. The molecule has 10 nitrogen and oxygen atoms in total. The van der Waals surface area contributed by atoms with Crippen molar-refractivity contribution in [2.24, 2.45) is 0 Å². The van der Waals surface area contributed by atoms with Crippen LogP contribution >= 0.6 is 0 Å². The molecule has 132 valence electrons. The van der Waals surface area contributed by atoms with E-state index in [1.807, 2.05) is 0 Å². The van der Waals surface area contributed by atoms with Gasteiger partial charge < -0.3 is 40.0 Å². The quantitative estimate of drug-likeness (QED) is 0.366. The van der Waals surface area contributed by atoms with E-state index in [0.717, 1.165) is 0 Å². The Morgan fingerprint density at radius 2 is 1.87 bits per heavy atom. The summed E-state index contributed by atoms with van der Waals surface area (Å²) in [6.07, 6.45) is -7.62. The highest BCUT2D eigenvalue weighted by molar-refractivity contribution is 5.74. The molecule has 0 bridgehead atoms. The number of ether oxygens (including phenoxy) is 3. The van der Waals surface area contributed by atoms with Crippen LogP contribution in [0.4, 0.5) is 0 Å². The minimum absolute atomic E-state index is 0.131. The van der Waals surface area contributed by atoms with Gasteiger partial charge >= 0.3 is 5.97 Å². The van der Waals surface area contributed by atoms with Crippen LogP contribution in [0, 0.1) is 0 Å². The molecule has 10 heteroatoms. The fourth-order valence-electron chi connectivity index (χ4n) is 2.60. The monoisotopic (exact) mass is 335 g/mol. The molecule has 4 unspecified atom stereocenters. The number of aliphatic hydroxyl groups is 3. The minimum atomic E-state index is -1.51. The molecule has 0 aromatic heterocycles. The van der Waals surface area contributed by atoms with E-state index in [4.69, 9.17) is 19.3 Å². The van der Waals surface area contributed by atoms with Gasteiger partial charge in [-0.2, -0.15) is 0 Å². The highest BCUT2D eigenvalue weighted by Gasteiger charge is 2.47. The third kappa shape index (κ3) is 4.16. The number of hydrogen-bond donors (Lipinski definition) is 5. The van der Waals surface area contributed by atoms with Crippen molar-refractivity contribution in [2.75, 3.05) is 13.2 Å². The summed E-state index contributed by atoms with van der Waals surface area (Å²) >= 11 is 0. The Balaban J connectivity index is 2.14. The van der Waals surface area contributed by atoms with Gasteiger partial charge in [-0.05, 0) is 6.42 Å². The Bertz CT molecular complexity index is 445. The minimum Gasteiger partial charge on any atom is -0.479 e. The number of carbonyl (C=O) groups is 2. The third-order valence-corrected chi connectivity index (χ3v) is 3.78. The normalized spacial score (nSPS) is 41.3. The van der Waals surface area contributed by atoms with E-state index < -0.39 is 54.7 Å². The lowest BCUT2D eigenvalue weighted by Gasteiger charge is -2.41. The Hall–Kier alpha value is -1.30. The molecule has 2 fully saturated rings. The van der Waals surface area contributed by atoms with Gasteiger partial charge in [0.2, 0.25) is 5.91 Å².